The van der Waals surface area contributed by atoms with Gasteiger partial charge < -0.3 is 0 Å². The van der Waals surface area contributed by atoms with Crippen LogP contribution in [0.25, 0.3) is 0 Å². The predicted molar refractivity (Wildman–Crippen MR) is 70.9 cm³/mol. The zero-order valence-corrected chi connectivity index (χ0v) is 11.6. The van der Waals surface area contributed by atoms with E-state index in [9.17, 15) is 0 Å². The molecule has 0 radical (unpaired) electrons. The van der Waals surface area contributed by atoms with Crippen LogP contribution in [0.2, 0.25) is 0 Å². The highest BCUT2D eigenvalue weighted by molar-refractivity contribution is 5.09. The fraction of sp³-hybridized carbons (Fsp3) is 0.733. The molecule has 15 heavy (non-hydrogen) atoms. The lowest BCUT2D eigenvalue weighted by Crippen LogP contribution is -2.24. The molecule has 0 saturated carbocycles. The molecule has 0 aromatic rings. The molecule has 0 amide bonds. The third kappa shape index (κ3) is 4.24. The fourth-order valence-electron chi connectivity index (χ4n) is 1.77. The second-order valence-corrected chi connectivity index (χ2v) is 5.75. The largest absolute Gasteiger partial charge is 0.103 e. The van der Waals surface area contributed by atoms with Gasteiger partial charge in [0.15, 0.2) is 0 Å². The minimum atomic E-state index is 0.252. The predicted octanol–water partition coefficient (Wildman–Crippen LogP) is 5.07. The molecule has 0 bridgehead atoms. The van der Waals surface area contributed by atoms with Gasteiger partial charge in [0.05, 0.1) is 0 Å². The van der Waals surface area contributed by atoms with Gasteiger partial charge in [0.1, 0.15) is 0 Å². The average Bonchev–Trinajstić information content (AvgIpc) is 2.14. The summed E-state index contributed by atoms with van der Waals surface area (Å²) in [7, 11) is 0. The van der Waals surface area contributed by atoms with Crippen LogP contribution in [0.15, 0.2) is 24.3 Å². The van der Waals surface area contributed by atoms with Crippen molar-refractivity contribution in [3.8, 4) is 0 Å². The van der Waals surface area contributed by atoms with Gasteiger partial charge in [0.2, 0.25) is 0 Å². The van der Waals surface area contributed by atoms with E-state index in [1.54, 1.807) is 0 Å². The van der Waals surface area contributed by atoms with Crippen LogP contribution in [0.3, 0.4) is 0 Å². The minimum Gasteiger partial charge on any atom is -0.103 e. The Morgan fingerprint density at radius 2 is 1.60 bits per heavy atom. The molecule has 2 atom stereocenters. The quantitative estimate of drug-likeness (QED) is 0.553. The van der Waals surface area contributed by atoms with Gasteiger partial charge in [0.25, 0.3) is 0 Å². The van der Waals surface area contributed by atoms with Crippen LogP contribution >= 0.6 is 0 Å². The van der Waals surface area contributed by atoms with Crippen molar-refractivity contribution in [2.45, 2.75) is 48.5 Å². The van der Waals surface area contributed by atoms with Crippen LogP contribution in [-0.4, -0.2) is 0 Å². The van der Waals surface area contributed by atoms with Crippen LogP contribution in [0.5, 0.6) is 0 Å². The summed E-state index contributed by atoms with van der Waals surface area (Å²) >= 11 is 0. The molecule has 0 saturated heterocycles. The van der Waals surface area contributed by atoms with Crippen molar-refractivity contribution in [2.75, 3.05) is 0 Å². The smallest absolute Gasteiger partial charge is 0.0141 e. The first-order chi connectivity index (χ1) is 6.72. The Bertz CT molecular complexity index is 230. The molecule has 0 rings (SSSR count). The van der Waals surface area contributed by atoms with Crippen molar-refractivity contribution >= 4 is 0 Å². The Hall–Kier alpha value is -0.520. The molecule has 88 valence electrons. The van der Waals surface area contributed by atoms with Crippen molar-refractivity contribution in [3.05, 3.63) is 24.3 Å². The Labute approximate surface area is 96.5 Å². The van der Waals surface area contributed by atoms with Gasteiger partial charge in [-0.05, 0) is 30.1 Å². The Balaban J connectivity index is 4.81. The van der Waals surface area contributed by atoms with Gasteiger partial charge >= 0.3 is 0 Å². The molecular weight excluding hydrogens is 180 g/mol. The van der Waals surface area contributed by atoms with Gasteiger partial charge in [-0.1, -0.05) is 59.3 Å². The summed E-state index contributed by atoms with van der Waals surface area (Å²) in [5.74, 6) is 1.84. The molecule has 0 heterocycles. The SMILES string of the molecule is C=CC(C)C(C)C(C)(C)C=C(C)C(C)C. The monoisotopic (exact) mass is 208 g/mol. The first kappa shape index (κ1) is 14.5. The summed E-state index contributed by atoms with van der Waals surface area (Å²) in [6.07, 6.45) is 4.49. The third-order valence-electron chi connectivity index (χ3n) is 3.84. The lowest BCUT2D eigenvalue weighted by atomic mass is 9.72. The summed E-state index contributed by atoms with van der Waals surface area (Å²) < 4.78 is 0. The van der Waals surface area contributed by atoms with Crippen molar-refractivity contribution < 1.29 is 0 Å². The van der Waals surface area contributed by atoms with E-state index in [1.807, 2.05) is 0 Å². The van der Waals surface area contributed by atoms with E-state index in [4.69, 9.17) is 0 Å². The van der Waals surface area contributed by atoms with E-state index in [2.05, 4.69) is 67.2 Å². The summed E-state index contributed by atoms with van der Waals surface area (Å²) in [6, 6.07) is 0. The average molecular weight is 208 g/mol. The van der Waals surface area contributed by atoms with Crippen molar-refractivity contribution in [1.82, 2.24) is 0 Å². The molecule has 0 fully saturated rings. The molecule has 2 unspecified atom stereocenters. The fourth-order valence-corrected chi connectivity index (χ4v) is 1.77. The van der Waals surface area contributed by atoms with Crippen LogP contribution < -0.4 is 0 Å². The van der Waals surface area contributed by atoms with E-state index in [1.165, 1.54) is 5.57 Å². The van der Waals surface area contributed by atoms with Crippen LogP contribution in [0, 0.1) is 23.2 Å². The van der Waals surface area contributed by atoms with Gasteiger partial charge in [-0.3, -0.25) is 0 Å². The third-order valence-corrected chi connectivity index (χ3v) is 3.84. The Morgan fingerprint density at radius 3 is 1.93 bits per heavy atom. The van der Waals surface area contributed by atoms with Gasteiger partial charge in [0, 0.05) is 0 Å². The molecule has 0 N–H and O–H groups in total. The molecule has 0 aromatic carbocycles. The molecule has 0 aliphatic rings. The van der Waals surface area contributed by atoms with E-state index in [0.717, 1.165) is 0 Å². The molecule has 0 nitrogen and oxygen atoms in total. The lowest BCUT2D eigenvalue weighted by Gasteiger charge is -2.33. The first-order valence-corrected chi connectivity index (χ1v) is 6.04. The maximum atomic E-state index is 3.89. The normalized spacial score (nSPS) is 17.7. The molecule has 0 aliphatic heterocycles. The summed E-state index contributed by atoms with van der Waals surface area (Å²) in [5, 5.41) is 0. The second-order valence-electron chi connectivity index (χ2n) is 5.75. The lowest BCUT2D eigenvalue weighted by molar-refractivity contribution is 0.250. The Kier molecular flexibility index (Phi) is 5.34. The van der Waals surface area contributed by atoms with Crippen molar-refractivity contribution in [3.63, 3.8) is 0 Å². The molecule has 0 aromatic heterocycles. The number of hydrogen-bond donors (Lipinski definition) is 0. The highest BCUT2D eigenvalue weighted by Gasteiger charge is 2.26. The van der Waals surface area contributed by atoms with Gasteiger partial charge in [-0.15, -0.1) is 6.58 Å². The van der Waals surface area contributed by atoms with Crippen LogP contribution in [0.1, 0.15) is 48.5 Å². The summed E-state index contributed by atoms with van der Waals surface area (Å²) in [6.45, 7) is 19.8. The van der Waals surface area contributed by atoms with E-state index < -0.39 is 0 Å². The van der Waals surface area contributed by atoms with Crippen LogP contribution in [-0.2, 0) is 0 Å². The van der Waals surface area contributed by atoms with E-state index in [-0.39, 0.29) is 5.41 Å². The number of allylic oxidation sites excluding steroid dienone is 3. The topological polar surface area (TPSA) is 0 Å². The Morgan fingerprint density at radius 1 is 1.13 bits per heavy atom. The maximum absolute atomic E-state index is 3.89. The highest BCUT2D eigenvalue weighted by atomic mass is 14.3. The zero-order chi connectivity index (χ0) is 12.2. The molecular formula is C15H28. The van der Waals surface area contributed by atoms with Crippen molar-refractivity contribution in [2.24, 2.45) is 23.2 Å². The van der Waals surface area contributed by atoms with Gasteiger partial charge in [-0.25, -0.2) is 0 Å². The van der Waals surface area contributed by atoms with Crippen LogP contribution in [0.4, 0.5) is 0 Å². The van der Waals surface area contributed by atoms with Gasteiger partial charge in [-0.2, -0.15) is 0 Å². The second kappa shape index (κ2) is 5.53. The zero-order valence-electron chi connectivity index (χ0n) is 11.6. The minimum absolute atomic E-state index is 0.252. The number of hydrogen-bond acceptors (Lipinski definition) is 0. The molecule has 0 spiro atoms. The van der Waals surface area contributed by atoms with Crippen molar-refractivity contribution in [1.29, 1.82) is 0 Å². The highest BCUT2D eigenvalue weighted by Crippen LogP contribution is 2.35. The maximum Gasteiger partial charge on any atom is -0.0141 e. The summed E-state index contributed by atoms with van der Waals surface area (Å²) in [4.78, 5) is 0. The van der Waals surface area contributed by atoms with E-state index in [0.29, 0.717) is 17.8 Å². The molecule has 0 heteroatoms. The standard InChI is InChI=1S/C15H28/c1-9-12(4)14(6)15(7,8)10-13(5)11(2)3/h9-12,14H,1H2,2-8H3. The first-order valence-electron chi connectivity index (χ1n) is 6.04. The summed E-state index contributed by atoms with van der Waals surface area (Å²) in [5.41, 5.74) is 1.74. The van der Waals surface area contributed by atoms with E-state index >= 15 is 0 Å². The molecule has 0 aliphatic carbocycles. The number of rotatable bonds is 5.